The molecule has 6 aromatic rings. The zero-order valence-corrected chi connectivity index (χ0v) is 46.6. The second-order valence-corrected chi connectivity index (χ2v) is 18.2. The van der Waals surface area contributed by atoms with Crippen molar-refractivity contribution in [2.75, 3.05) is 59.5 Å². The van der Waals surface area contributed by atoms with E-state index in [2.05, 4.69) is 0 Å². The summed E-state index contributed by atoms with van der Waals surface area (Å²) in [5, 5.41) is 0. The quantitative estimate of drug-likeness (QED) is 0.0254. The molecule has 82 heavy (non-hydrogen) atoms. The third-order valence-electron chi connectivity index (χ3n) is 10.9. The smallest absolute Gasteiger partial charge is 0.340 e. The molecular formula is C65H80O17. The molecule has 0 spiro atoms. The summed E-state index contributed by atoms with van der Waals surface area (Å²) >= 11 is 0. The van der Waals surface area contributed by atoms with Gasteiger partial charge >= 0.3 is 35.8 Å². The van der Waals surface area contributed by atoms with Crippen LogP contribution in [0.2, 0.25) is 0 Å². The summed E-state index contributed by atoms with van der Waals surface area (Å²) < 4.78 is 57.1. The number of aryl methyl sites for hydroxylation is 6. The Hall–Kier alpha value is -8.06. The van der Waals surface area contributed by atoms with E-state index in [-0.39, 0.29) is 73.7 Å². The van der Waals surface area contributed by atoms with Crippen molar-refractivity contribution in [1.29, 1.82) is 0 Å². The standard InChI is InChI=1S/C23H28O5.2C20H22O6.2CH4/c1-17-8-12-20(13-9-17)27-22(24)7-5-4-6-16-26-19(3)23(25)28-21-14-10-18(2)11-15-21;2*1-15-3-7-17(8-4-15)25-19(21)13-23-11-12-24-14-20(22)26-18-9-5-16(2)6-10-18;;/h8-15,19H,4-7,16H2,1-3H3;2*3-10H,11-14H2,1-2H3;2*1H4. The molecule has 0 aromatic heterocycles. The van der Waals surface area contributed by atoms with Crippen molar-refractivity contribution in [3.63, 3.8) is 0 Å². The van der Waals surface area contributed by atoms with Crippen LogP contribution in [0.5, 0.6) is 34.5 Å². The van der Waals surface area contributed by atoms with Crippen LogP contribution < -0.4 is 28.4 Å². The molecule has 0 saturated carbocycles. The lowest BCUT2D eigenvalue weighted by Gasteiger charge is -2.12. The van der Waals surface area contributed by atoms with E-state index in [1.54, 1.807) is 79.7 Å². The van der Waals surface area contributed by atoms with Gasteiger partial charge in [0.05, 0.1) is 26.4 Å². The molecule has 17 nitrogen and oxygen atoms in total. The number of hydrogen-bond donors (Lipinski definition) is 0. The normalized spacial score (nSPS) is 10.6. The fourth-order valence-electron chi connectivity index (χ4n) is 6.40. The molecule has 0 fully saturated rings. The second kappa shape index (κ2) is 40.2. The van der Waals surface area contributed by atoms with Crippen molar-refractivity contribution >= 4 is 35.8 Å². The van der Waals surface area contributed by atoms with Crippen molar-refractivity contribution in [2.45, 2.75) is 95.1 Å². The molecule has 1 unspecified atom stereocenters. The fourth-order valence-corrected chi connectivity index (χ4v) is 6.40. The molecule has 0 aliphatic rings. The molecule has 0 bridgehead atoms. The van der Waals surface area contributed by atoms with Crippen LogP contribution in [0.1, 0.15) is 80.8 Å². The van der Waals surface area contributed by atoms with E-state index in [9.17, 15) is 28.8 Å². The van der Waals surface area contributed by atoms with Crippen LogP contribution in [0.25, 0.3) is 0 Å². The molecule has 0 saturated heterocycles. The van der Waals surface area contributed by atoms with Gasteiger partial charge in [-0.3, -0.25) is 4.79 Å². The molecular weight excluding hydrogens is 1050 g/mol. The van der Waals surface area contributed by atoms with Gasteiger partial charge in [-0.2, -0.15) is 0 Å². The molecule has 0 N–H and O–H groups in total. The van der Waals surface area contributed by atoms with Gasteiger partial charge in [0.1, 0.15) is 60.9 Å². The van der Waals surface area contributed by atoms with Gasteiger partial charge in [0.15, 0.2) is 6.10 Å². The average Bonchev–Trinajstić information content (AvgIpc) is 3.43. The minimum Gasteiger partial charge on any atom is -0.427 e. The maximum Gasteiger partial charge on any atom is 0.340 e. The molecule has 0 amide bonds. The molecule has 0 aliphatic carbocycles. The Morgan fingerprint density at radius 3 is 0.793 bits per heavy atom. The maximum atomic E-state index is 12.0. The van der Waals surface area contributed by atoms with E-state index < -0.39 is 36.0 Å². The van der Waals surface area contributed by atoms with Gasteiger partial charge in [-0.1, -0.05) is 127 Å². The Morgan fingerprint density at radius 1 is 0.305 bits per heavy atom. The van der Waals surface area contributed by atoms with Crippen molar-refractivity contribution in [1.82, 2.24) is 0 Å². The highest BCUT2D eigenvalue weighted by Gasteiger charge is 2.16. The van der Waals surface area contributed by atoms with Gasteiger partial charge in [-0.25, -0.2) is 24.0 Å². The van der Waals surface area contributed by atoms with Gasteiger partial charge in [0.2, 0.25) is 0 Å². The van der Waals surface area contributed by atoms with Crippen molar-refractivity contribution in [3.05, 3.63) is 179 Å². The predicted molar refractivity (Wildman–Crippen MR) is 312 cm³/mol. The first-order valence-electron chi connectivity index (χ1n) is 26.1. The van der Waals surface area contributed by atoms with E-state index in [0.717, 1.165) is 52.6 Å². The number of unbranched alkanes of at least 4 members (excludes halogenated alkanes) is 2. The highest BCUT2D eigenvalue weighted by molar-refractivity contribution is 5.77. The van der Waals surface area contributed by atoms with Crippen LogP contribution in [0, 0.1) is 41.5 Å². The lowest BCUT2D eigenvalue weighted by Crippen LogP contribution is -2.26. The molecule has 0 radical (unpaired) electrons. The average molecular weight is 1130 g/mol. The number of carbonyl (C=O) groups is 6. The molecule has 6 rings (SSSR count). The topological polar surface area (TPSA) is 204 Å². The lowest BCUT2D eigenvalue weighted by atomic mass is 10.2. The number of rotatable bonds is 28. The minimum atomic E-state index is -0.632. The van der Waals surface area contributed by atoms with E-state index in [1.165, 1.54) is 0 Å². The molecule has 6 aromatic carbocycles. The fraction of sp³-hybridized carbons (Fsp3) is 0.354. The van der Waals surface area contributed by atoms with Crippen molar-refractivity contribution < 1.29 is 80.9 Å². The SMILES string of the molecule is C.C.Cc1ccc(OC(=O)CCCCCOC(C)C(=O)Oc2ccc(C)cc2)cc1.Cc1ccc(OC(=O)COCCOCC(=O)Oc2ccc(C)cc2)cc1.Cc1ccc(OC(=O)COCCOCC(=O)Oc2ccc(C)cc2)cc1. The number of esters is 6. The zero-order valence-electron chi connectivity index (χ0n) is 46.6. The van der Waals surface area contributed by atoms with E-state index in [0.29, 0.717) is 47.5 Å². The molecule has 0 aliphatic heterocycles. The van der Waals surface area contributed by atoms with Gasteiger partial charge in [-0.15, -0.1) is 0 Å². The lowest BCUT2D eigenvalue weighted by molar-refractivity contribution is -0.146. The predicted octanol–water partition coefficient (Wildman–Crippen LogP) is 11.7. The number of ether oxygens (including phenoxy) is 11. The summed E-state index contributed by atoms with van der Waals surface area (Å²) in [7, 11) is 0. The van der Waals surface area contributed by atoms with Crippen LogP contribution in [0.15, 0.2) is 146 Å². The Labute approximate surface area is 483 Å². The summed E-state index contributed by atoms with van der Waals surface area (Å²) in [5.41, 5.74) is 6.56. The van der Waals surface area contributed by atoms with Crippen molar-refractivity contribution in [3.8, 4) is 34.5 Å². The third-order valence-corrected chi connectivity index (χ3v) is 10.9. The number of hydrogen-bond acceptors (Lipinski definition) is 17. The summed E-state index contributed by atoms with van der Waals surface area (Å²) in [5.74, 6) is 0.348. The first-order chi connectivity index (χ1) is 38.5. The number of carbonyl (C=O) groups excluding carboxylic acids is 6. The summed E-state index contributed by atoms with van der Waals surface area (Å²) in [6, 6.07) is 43.3. The minimum absolute atomic E-state index is 0. The van der Waals surface area contributed by atoms with Crippen LogP contribution in [-0.2, 0) is 52.5 Å². The molecule has 1 atom stereocenters. The monoisotopic (exact) mass is 1130 g/mol. The molecule has 17 heteroatoms. The number of benzene rings is 6. The highest BCUT2D eigenvalue weighted by Crippen LogP contribution is 2.17. The Balaban J connectivity index is 0.000000415. The van der Waals surface area contributed by atoms with Crippen LogP contribution in [0.3, 0.4) is 0 Å². The largest absolute Gasteiger partial charge is 0.427 e. The highest BCUT2D eigenvalue weighted by atomic mass is 16.6. The molecule has 0 heterocycles. The van der Waals surface area contributed by atoms with Crippen molar-refractivity contribution in [2.24, 2.45) is 0 Å². The third kappa shape index (κ3) is 31.7. The Morgan fingerprint density at radius 2 is 0.537 bits per heavy atom. The van der Waals surface area contributed by atoms with E-state index >= 15 is 0 Å². The van der Waals surface area contributed by atoms with Gasteiger partial charge < -0.3 is 52.1 Å². The zero-order chi connectivity index (χ0) is 57.9. The summed E-state index contributed by atoms with van der Waals surface area (Å²) in [4.78, 5) is 70.2. The Bertz CT molecular complexity index is 2520. The van der Waals surface area contributed by atoms with Crippen LogP contribution in [-0.4, -0.2) is 101 Å². The van der Waals surface area contributed by atoms with E-state index in [4.69, 9.17) is 52.1 Å². The van der Waals surface area contributed by atoms with Gasteiger partial charge in [-0.05, 0) is 134 Å². The molecule has 442 valence electrons. The Kier molecular flexibility index (Phi) is 34.3. The van der Waals surface area contributed by atoms with Gasteiger partial charge in [0.25, 0.3) is 0 Å². The first-order valence-corrected chi connectivity index (χ1v) is 26.1. The van der Waals surface area contributed by atoms with E-state index in [1.807, 2.05) is 114 Å². The maximum absolute atomic E-state index is 12.0. The van der Waals surface area contributed by atoms with Crippen LogP contribution >= 0.6 is 0 Å². The second-order valence-electron chi connectivity index (χ2n) is 18.2. The van der Waals surface area contributed by atoms with Gasteiger partial charge in [0, 0.05) is 13.0 Å². The summed E-state index contributed by atoms with van der Waals surface area (Å²) in [6.45, 7) is 13.8. The van der Waals surface area contributed by atoms with Crippen LogP contribution in [0.4, 0.5) is 0 Å². The summed E-state index contributed by atoms with van der Waals surface area (Å²) in [6.07, 6.45) is 2.03. The first kappa shape index (κ1) is 70.0.